The van der Waals surface area contributed by atoms with Crippen LogP contribution in [0.1, 0.15) is 20.8 Å². The number of hydrogen-bond donors (Lipinski definition) is 2. The Morgan fingerprint density at radius 2 is 2.00 bits per heavy atom. The van der Waals surface area contributed by atoms with E-state index in [4.69, 9.17) is 10.5 Å². The molecule has 0 bridgehead atoms. The van der Waals surface area contributed by atoms with Gasteiger partial charge < -0.3 is 20.7 Å². The van der Waals surface area contributed by atoms with Gasteiger partial charge in [-0.1, -0.05) is 0 Å². The third-order valence-corrected chi connectivity index (χ3v) is 3.37. The molecule has 5 nitrogen and oxygen atoms in total. The van der Waals surface area contributed by atoms with E-state index in [2.05, 4.69) is 5.32 Å². The summed E-state index contributed by atoms with van der Waals surface area (Å²) in [5.41, 5.74) is 5.05. The Kier molecular flexibility index (Phi) is 3.32. The van der Waals surface area contributed by atoms with Gasteiger partial charge in [-0.25, -0.2) is 4.79 Å². The third-order valence-electron chi connectivity index (χ3n) is 3.37. The van der Waals surface area contributed by atoms with Crippen LogP contribution >= 0.6 is 0 Å². The normalized spacial score (nSPS) is 31.3. The zero-order chi connectivity index (χ0) is 12.6. The number of nitrogens with two attached hydrogens (primary N) is 1. The molecule has 1 amide bonds. The van der Waals surface area contributed by atoms with E-state index in [9.17, 15) is 4.79 Å². The number of amides is 1. The molecule has 17 heavy (non-hydrogen) atoms. The molecular formula is C12H23N3O2. The molecule has 2 atom stereocenters. The second-order valence-corrected chi connectivity index (χ2v) is 5.98. The average molecular weight is 241 g/mol. The maximum atomic E-state index is 11.8. The number of piperidine rings is 1. The number of likely N-dealkylation sites (tertiary alicyclic amines) is 1. The summed E-state index contributed by atoms with van der Waals surface area (Å²) in [6.45, 7) is 8.87. The van der Waals surface area contributed by atoms with E-state index in [0.717, 1.165) is 19.6 Å². The monoisotopic (exact) mass is 241 g/mol. The van der Waals surface area contributed by atoms with Gasteiger partial charge in [0.15, 0.2) is 0 Å². The Morgan fingerprint density at radius 1 is 1.41 bits per heavy atom. The number of carbonyl (C=O) groups excluding carboxylic acids is 1. The predicted molar refractivity (Wildman–Crippen MR) is 65.6 cm³/mol. The Bertz CT molecular complexity index is 289. The highest BCUT2D eigenvalue weighted by atomic mass is 16.6. The van der Waals surface area contributed by atoms with Gasteiger partial charge in [0.05, 0.1) is 0 Å². The van der Waals surface area contributed by atoms with Crippen molar-refractivity contribution in [2.24, 2.45) is 17.6 Å². The minimum atomic E-state index is -0.402. The number of carbonyl (C=O) groups is 1. The number of hydrogen-bond acceptors (Lipinski definition) is 4. The highest BCUT2D eigenvalue weighted by Gasteiger charge is 2.56. The van der Waals surface area contributed by atoms with Gasteiger partial charge in [-0.2, -0.15) is 0 Å². The molecule has 1 saturated heterocycles. The molecule has 0 spiro atoms. The van der Waals surface area contributed by atoms with Crippen molar-refractivity contribution in [3.05, 3.63) is 0 Å². The minimum absolute atomic E-state index is 0.178. The first-order valence-electron chi connectivity index (χ1n) is 6.34. The topological polar surface area (TPSA) is 67.6 Å². The molecule has 1 saturated carbocycles. The highest BCUT2D eigenvalue weighted by Crippen LogP contribution is 2.45. The van der Waals surface area contributed by atoms with Gasteiger partial charge in [-0.3, -0.25) is 0 Å². The summed E-state index contributed by atoms with van der Waals surface area (Å²) in [6.07, 6.45) is -0.178. The van der Waals surface area contributed by atoms with Crippen LogP contribution in [0, 0.1) is 11.8 Å². The van der Waals surface area contributed by atoms with Crippen LogP contribution in [0.4, 0.5) is 4.79 Å². The van der Waals surface area contributed by atoms with E-state index in [0.29, 0.717) is 24.4 Å². The van der Waals surface area contributed by atoms with E-state index in [1.165, 1.54) is 0 Å². The van der Waals surface area contributed by atoms with Crippen LogP contribution < -0.4 is 11.1 Å². The first kappa shape index (κ1) is 12.6. The molecular weight excluding hydrogens is 218 g/mol. The molecule has 1 heterocycles. The molecule has 0 radical (unpaired) electrons. The Hall–Kier alpha value is -0.810. The second kappa shape index (κ2) is 4.46. The van der Waals surface area contributed by atoms with Crippen LogP contribution in [-0.2, 0) is 4.74 Å². The largest absolute Gasteiger partial charge is 0.444 e. The van der Waals surface area contributed by atoms with E-state index >= 15 is 0 Å². The Morgan fingerprint density at radius 3 is 2.47 bits per heavy atom. The van der Waals surface area contributed by atoms with E-state index in [1.54, 1.807) is 0 Å². The van der Waals surface area contributed by atoms with Crippen molar-refractivity contribution in [1.29, 1.82) is 0 Å². The van der Waals surface area contributed by atoms with Crippen LogP contribution in [0.2, 0.25) is 0 Å². The van der Waals surface area contributed by atoms with Gasteiger partial charge >= 0.3 is 6.09 Å². The van der Waals surface area contributed by atoms with Gasteiger partial charge in [0.25, 0.3) is 0 Å². The highest BCUT2D eigenvalue weighted by molar-refractivity contribution is 5.69. The summed E-state index contributed by atoms with van der Waals surface area (Å²) in [7, 11) is 0. The van der Waals surface area contributed by atoms with Gasteiger partial charge in [0.2, 0.25) is 0 Å². The van der Waals surface area contributed by atoms with Crippen molar-refractivity contribution < 1.29 is 9.53 Å². The standard InChI is InChI=1S/C12H23N3O2/c1-12(2,3)17-11(16)15-6-8-9(7-15)10(8)14-5-4-13/h8-10,14H,4-7,13H2,1-3H3. The molecule has 0 aromatic heterocycles. The number of nitrogens with one attached hydrogen (secondary N) is 1. The number of ether oxygens (including phenoxy) is 1. The first-order valence-corrected chi connectivity index (χ1v) is 6.34. The van der Waals surface area contributed by atoms with Crippen molar-refractivity contribution >= 4 is 6.09 Å². The summed E-state index contributed by atoms with van der Waals surface area (Å²) in [6, 6.07) is 0.567. The summed E-state index contributed by atoms with van der Waals surface area (Å²) in [4.78, 5) is 13.6. The average Bonchev–Trinajstić information content (AvgIpc) is 2.67. The molecule has 2 aliphatic rings. The van der Waals surface area contributed by atoms with Crippen LogP contribution in [-0.4, -0.2) is 48.8 Å². The summed E-state index contributed by atoms with van der Waals surface area (Å²) < 4.78 is 5.35. The first-order chi connectivity index (χ1) is 7.92. The van der Waals surface area contributed by atoms with E-state index < -0.39 is 5.60 Å². The lowest BCUT2D eigenvalue weighted by Gasteiger charge is -2.26. The lowest BCUT2D eigenvalue weighted by Crippen LogP contribution is -2.39. The molecule has 0 aromatic carbocycles. The van der Waals surface area contributed by atoms with Crippen LogP contribution in [0.15, 0.2) is 0 Å². The van der Waals surface area contributed by atoms with E-state index in [-0.39, 0.29) is 6.09 Å². The molecule has 3 N–H and O–H groups in total. The lowest BCUT2D eigenvalue weighted by molar-refractivity contribution is 0.0269. The fourth-order valence-electron chi connectivity index (χ4n) is 2.55. The van der Waals surface area contributed by atoms with Crippen molar-refractivity contribution in [3.8, 4) is 0 Å². The van der Waals surface area contributed by atoms with Crippen LogP contribution in [0.25, 0.3) is 0 Å². The summed E-state index contributed by atoms with van der Waals surface area (Å²) >= 11 is 0. The smallest absolute Gasteiger partial charge is 0.410 e. The maximum absolute atomic E-state index is 11.8. The quantitative estimate of drug-likeness (QED) is 0.750. The third kappa shape index (κ3) is 2.90. The SMILES string of the molecule is CC(C)(C)OC(=O)N1CC2C(C1)C2NCCN. The molecule has 2 fully saturated rings. The van der Waals surface area contributed by atoms with Gasteiger partial charge in [-0.15, -0.1) is 0 Å². The number of nitrogens with zero attached hydrogens (tertiary/aromatic N) is 1. The van der Waals surface area contributed by atoms with Crippen LogP contribution in [0.5, 0.6) is 0 Å². The molecule has 1 aliphatic carbocycles. The lowest BCUT2D eigenvalue weighted by atomic mass is 10.2. The molecule has 2 rings (SSSR count). The van der Waals surface area contributed by atoms with Crippen LogP contribution in [0.3, 0.4) is 0 Å². The van der Waals surface area contributed by atoms with Crippen molar-refractivity contribution in [1.82, 2.24) is 10.2 Å². The fraction of sp³-hybridized carbons (Fsp3) is 0.917. The van der Waals surface area contributed by atoms with E-state index in [1.807, 2.05) is 25.7 Å². The molecule has 5 heteroatoms. The zero-order valence-corrected chi connectivity index (χ0v) is 10.9. The van der Waals surface area contributed by atoms with Gasteiger partial charge in [0, 0.05) is 32.2 Å². The molecule has 98 valence electrons. The number of fused-ring (bicyclic) bond motifs is 1. The van der Waals surface area contributed by atoms with Gasteiger partial charge in [-0.05, 0) is 32.6 Å². The van der Waals surface area contributed by atoms with Crippen molar-refractivity contribution in [2.75, 3.05) is 26.2 Å². The van der Waals surface area contributed by atoms with Crippen molar-refractivity contribution in [2.45, 2.75) is 32.4 Å². The maximum Gasteiger partial charge on any atom is 0.410 e. The molecule has 1 aliphatic heterocycles. The Labute approximate surface area is 103 Å². The predicted octanol–water partition coefficient (Wildman–Crippen LogP) is 0.400. The second-order valence-electron chi connectivity index (χ2n) is 5.98. The fourth-order valence-corrected chi connectivity index (χ4v) is 2.55. The number of rotatable bonds is 3. The molecule has 2 unspecified atom stereocenters. The van der Waals surface area contributed by atoms with Gasteiger partial charge in [0.1, 0.15) is 5.60 Å². The summed E-state index contributed by atoms with van der Waals surface area (Å²) in [5.74, 6) is 1.21. The summed E-state index contributed by atoms with van der Waals surface area (Å²) in [5, 5.41) is 3.41. The van der Waals surface area contributed by atoms with Crippen molar-refractivity contribution in [3.63, 3.8) is 0 Å². The Balaban J connectivity index is 1.74. The minimum Gasteiger partial charge on any atom is -0.444 e. The zero-order valence-electron chi connectivity index (χ0n) is 10.9. The molecule has 0 aromatic rings.